The van der Waals surface area contributed by atoms with Gasteiger partial charge in [0.25, 0.3) is 0 Å². The van der Waals surface area contributed by atoms with Crippen LogP contribution in [0.3, 0.4) is 0 Å². The third-order valence-electron chi connectivity index (χ3n) is 3.14. The van der Waals surface area contributed by atoms with Gasteiger partial charge >= 0.3 is 0 Å². The fourth-order valence-corrected chi connectivity index (χ4v) is 2.71. The average Bonchev–Trinajstić information content (AvgIpc) is 2.96. The lowest BCUT2D eigenvalue weighted by Gasteiger charge is -2.06. The molecule has 0 saturated heterocycles. The monoisotopic (exact) mass is 363 g/mol. The third-order valence-corrected chi connectivity index (χ3v) is 4.26. The molecule has 23 heavy (non-hydrogen) atoms. The maximum atomic E-state index is 8.95. The Kier molecular flexibility index (Phi) is 4.39. The maximum Gasteiger partial charge on any atom is 0.168 e. The molecule has 1 aromatic carbocycles. The quantitative estimate of drug-likeness (QED) is 0.396. The number of aromatic nitrogens is 2. The number of benzene rings is 1. The van der Waals surface area contributed by atoms with Crippen LogP contribution in [0, 0.1) is 11.3 Å². The summed E-state index contributed by atoms with van der Waals surface area (Å²) in [6.45, 7) is 0. The Balaban J connectivity index is 1.88. The SMILES string of the molecule is N#Cc1c(Cl)nc(N/N=C/c2c[nH]c3ccccc23)c(Cl)c1Cl. The van der Waals surface area contributed by atoms with Crippen LogP contribution in [-0.4, -0.2) is 16.2 Å². The molecule has 0 spiro atoms. The van der Waals surface area contributed by atoms with E-state index >= 15 is 0 Å². The van der Waals surface area contributed by atoms with Gasteiger partial charge in [-0.15, -0.1) is 0 Å². The Morgan fingerprint density at radius 1 is 1.22 bits per heavy atom. The van der Waals surface area contributed by atoms with Gasteiger partial charge in [0.1, 0.15) is 16.7 Å². The van der Waals surface area contributed by atoms with Gasteiger partial charge in [-0.3, -0.25) is 5.43 Å². The number of hydrazone groups is 1. The standard InChI is InChI=1S/C15H8Cl3N5/c16-12-10(5-19)14(18)22-15(13(12)17)23-21-7-8-6-20-11-4-2-1-3-9(8)11/h1-4,6-7,20H,(H,22,23)/b21-7+. The van der Waals surface area contributed by atoms with Gasteiger partial charge in [-0.25, -0.2) is 4.98 Å². The number of hydrogen-bond donors (Lipinski definition) is 2. The molecule has 0 bridgehead atoms. The summed E-state index contributed by atoms with van der Waals surface area (Å²) in [4.78, 5) is 7.12. The number of fused-ring (bicyclic) bond motifs is 1. The molecular formula is C15H8Cl3N5. The molecule has 0 aliphatic rings. The number of nitrogens with one attached hydrogen (secondary N) is 2. The lowest BCUT2D eigenvalue weighted by molar-refractivity contribution is 1.22. The van der Waals surface area contributed by atoms with Crippen molar-refractivity contribution in [1.82, 2.24) is 9.97 Å². The van der Waals surface area contributed by atoms with Crippen molar-refractivity contribution < 1.29 is 0 Å². The van der Waals surface area contributed by atoms with Crippen LogP contribution >= 0.6 is 34.8 Å². The Labute approximate surface area is 146 Å². The summed E-state index contributed by atoms with van der Waals surface area (Å²) in [5.41, 5.74) is 4.62. The van der Waals surface area contributed by atoms with Crippen molar-refractivity contribution in [1.29, 1.82) is 5.26 Å². The summed E-state index contributed by atoms with van der Waals surface area (Å²) in [6, 6.07) is 9.69. The average molecular weight is 365 g/mol. The molecule has 114 valence electrons. The number of nitrogens with zero attached hydrogens (tertiary/aromatic N) is 3. The highest BCUT2D eigenvalue weighted by molar-refractivity contribution is 6.45. The second-order valence-electron chi connectivity index (χ2n) is 4.53. The van der Waals surface area contributed by atoms with Crippen molar-refractivity contribution in [2.75, 3.05) is 5.43 Å². The first kappa shape index (κ1) is 15.6. The molecule has 0 aliphatic carbocycles. The van der Waals surface area contributed by atoms with E-state index in [-0.39, 0.29) is 26.6 Å². The highest BCUT2D eigenvalue weighted by atomic mass is 35.5. The van der Waals surface area contributed by atoms with Gasteiger partial charge in [0, 0.05) is 22.7 Å². The van der Waals surface area contributed by atoms with Crippen molar-refractivity contribution in [2.45, 2.75) is 0 Å². The number of anilines is 1. The second kappa shape index (κ2) is 6.47. The number of para-hydroxylation sites is 1. The molecule has 0 amide bonds. The van der Waals surface area contributed by atoms with E-state index in [9.17, 15) is 0 Å². The fourth-order valence-electron chi connectivity index (χ4n) is 2.04. The van der Waals surface area contributed by atoms with E-state index in [2.05, 4.69) is 20.5 Å². The zero-order chi connectivity index (χ0) is 16.4. The van der Waals surface area contributed by atoms with Crippen LogP contribution in [0.25, 0.3) is 10.9 Å². The van der Waals surface area contributed by atoms with Crippen molar-refractivity contribution in [2.24, 2.45) is 5.10 Å². The molecule has 0 radical (unpaired) electrons. The Morgan fingerprint density at radius 2 is 2.00 bits per heavy atom. The minimum Gasteiger partial charge on any atom is -0.361 e. The van der Waals surface area contributed by atoms with Gasteiger partial charge in [0.15, 0.2) is 11.0 Å². The van der Waals surface area contributed by atoms with Crippen LogP contribution < -0.4 is 5.43 Å². The van der Waals surface area contributed by atoms with Gasteiger partial charge in [0.2, 0.25) is 0 Å². The molecule has 3 aromatic rings. The molecule has 2 heterocycles. The van der Waals surface area contributed by atoms with E-state index in [1.807, 2.05) is 36.5 Å². The van der Waals surface area contributed by atoms with E-state index in [1.165, 1.54) is 0 Å². The van der Waals surface area contributed by atoms with Crippen LogP contribution in [0.1, 0.15) is 11.1 Å². The molecule has 3 rings (SSSR count). The van der Waals surface area contributed by atoms with Crippen LogP contribution in [0.15, 0.2) is 35.6 Å². The van der Waals surface area contributed by atoms with Crippen LogP contribution in [0.4, 0.5) is 5.82 Å². The summed E-state index contributed by atoms with van der Waals surface area (Å²) >= 11 is 17.9. The molecule has 0 aliphatic heterocycles. The van der Waals surface area contributed by atoms with E-state index in [0.717, 1.165) is 16.5 Å². The van der Waals surface area contributed by atoms with Crippen molar-refractivity contribution in [3.05, 3.63) is 56.8 Å². The summed E-state index contributed by atoms with van der Waals surface area (Å²) < 4.78 is 0. The maximum absolute atomic E-state index is 8.95. The van der Waals surface area contributed by atoms with Gasteiger partial charge < -0.3 is 4.98 Å². The van der Waals surface area contributed by atoms with Gasteiger partial charge in [-0.2, -0.15) is 10.4 Å². The molecule has 0 atom stereocenters. The fraction of sp³-hybridized carbons (Fsp3) is 0. The molecule has 0 saturated carbocycles. The topological polar surface area (TPSA) is 76.9 Å². The highest BCUT2D eigenvalue weighted by Crippen LogP contribution is 2.34. The summed E-state index contributed by atoms with van der Waals surface area (Å²) in [5.74, 6) is 0.178. The first-order valence-corrected chi connectivity index (χ1v) is 7.55. The Hall–Kier alpha value is -2.26. The molecule has 5 nitrogen and oxygen atoms in total. The summed E-state index contributed by atoms with van der Waals surface area (Å²) in [6.07, 6.45) is 3.46. The smallest absolute Gasteiger partial charge is 0.168 e. The van der Waals surface area contributed by atoms with Crippen molar-refractivity contribution in [3.8, 4) is 6.07 Å². The second-order valence-corrected chi connectivity index (χ2v) is 5.64. The van der Waals surface area contributed by atoms with E-state index in [1.54, 1.807) is 6.21 Å². The zero-order valence-corrected chi connectivity index (χ0v) is 13.7. The zero-order valence-electron chi connectivity index (χ0n) is 11.4. The Morgan fingerprint density at radius 3 is 2.78 bits per heavy atom. The normalized spacial score (nSPS) is 11.0. The van der Waals surface area contributed by atoms with Crippen LogP contribution in [0.2, 0.25) is 15.2 Å². The number of aromatic amines is 1. The molecule has 2 aromatic heterocycles. The van der Waals surface area contributed by atoms with Crippen molar-refractivity contribution in [3.63, 3.8) is 0 Å². The largest absolute Gasteiger partial charge is 0.361 e. The number of pyridine rings is 1. The minimum atomic E-state index is -0.0355. The number of H-pyrrole nitrogens is 1. The lowest BCUT2D eigenvalue weighted by atomic mass is 10.2. The third kappa shape index (κ3) is 2.97. The van der Waals surface area contributed by atoms with Crippen molar-refractivity contribution >= 4 is 57.7 Å². The van der Waals surface area contributed by atoms with E-state index in [4.69, 9.17) is 40.1 Å². The summed E-state index contributed by atoms with van der Waals surface area (Å²) in [5, 5.41) is 14.2. The predicted molar refractivity (Wildman–Crippen MR) is 93.5 cm³/mol. The number of hydrogen-bond acceptors (Lipinski definition) is 4. The van der Waals surface area contributed by atoms with Gasteiger partial charge in [-0.1, -0.05) is 53.0 Å². The van der Waals surface area contributed by atoms with Gasteiger partial charge in [0.05, 0.1) is 11.2 Å². The molecule has 8 heteroatoms. The summed E-state index contributed by atoms with van der Waals surface area (Å²) in [7, 11) is 0. The van der Waals surface area contributed by atoms with Gasteiger partial charge in [-0.05, 0) is 6.07 Å². The molecule has 0 unspecified atom stereocenters. The number of nitriles is 1. The predicted octanol–water partition coefficient (Wildman–Crippen LogP) is 4.84. The number of rotatable bonds is 3. The molecular weight excluding hydrogens is 357 g/mol. The number of halogens is 3. The highest BCUT2D eigenvalue weighted by Gasteiger charge is 2.15. The first-order valence-electron chi connectivity index (χ1n) is 6.41. The van der Waals surface area contributed by atoms with Crippen LogP contribution in [-0.2, 0) is 0 Å². The molecule has 0 fully saturated rings. The van der Waals surface area contributed by atoms with E-state index in [0.29, 0.717) is 0 Å². The van der Waals surface area contributed by atoms with Crippen LogP contribution in [0.5, 0.6) is 0 Å². The van der Waals surface area contributed by atoms with E-state index < -0.39 is 0 Å². The first-order chi connectivity index (χ1) is 11.1. The Bertz CT molecular complexity index is 956. The minimum absolute atomic E-state index is 0.0319. The molecule has 2 N–H and O–H groups in total. The lowest BCUT2D eigenvalue weighted by Crippen LogP contribution is -1.97.